The summed E-state index contributed by atoms with van der Waals surface area (Å²) in [5.74, 6) is 1.26. The molecule has 0 aliphatic carbocycles. The summed E-state index contributed by atoms with van der Waals surface area (Å²) < 4.78 is 1.79. The quantitative estimate of drug-likeness (QED) is 0.783. The number of amides is 1. The molecule has 0 saturated carbocycles. The van der Waals surface area contributed by atoms with Crippen LogP contribution in [0, 0.1) is 11.8 Å². The molecule has 2 fully saturated rings. The van der Waals surface area contributed by atoms with Crippen LogP contribution >= 0.6 is 31.9 Å². The number of carbonyl (C=O) groups excluding carboxylic acids is 1. The number of rotatable bonds is 1. The molecule has 2 aliphatic heterocycles. The molecular formula is C15H18Br2N2O. The Kier molecular flexibility index (Phi) is 3.72. The van der Waals surface area contributed by atoms with E-state index in [0.717, 1.165) is 34.1 Å². The van der Waals surface area contributed by atoms with E-state index in [0.29, 0.717) is 11.8 Å². The number of nitrogens with zero attached hydrogens (tertiary/aromatic N) is 1. The van der Waals surface area contributed by atoms with Gasteiger partial charge >= 0.3 is 0 Å². The first-order chi connectivity index (χ1) is 9.41. The molecule has 1 aromatic rings. The molecule has 0 radical (unpaired) electrons. The molecular weight excluding hydrogens is 384 g/mol. The Hall–Kier alpha value is -0.390. The van der Waals surface area contributed by atoms with E-state index in [1.807, 2.05) is 18.2 Å². The lowest BCUT2D eigenvalue weighted by Crippen LogP contribution is -2.47. The van der Waals surface area contributed by atoms with Gasteiger partial charge in [0.2, 0.25) is 0 Å². The van der Waals surface area contributed by atoms with Gasteiger partial charge in [-0.25, -0.2) is 0 Å². The Morgan fingerprint density at radius 1 is 1.35 bits per heavy atom. The number of hydrogen-bond acceptors (Lipinski definition) is 2. The number of fused-ring (bicyclic) bond motifs is 1. The predicted octanol–water partition coefficient (Wildman–Crippen LogP) is 3.28. The monoisotopic (exact) mass is 400 g/mol. The molecule has 0 bridgehead atoms. The summed E-state index contributed by atoms with van der Waals surface area (Å²) in [6.45, 7) is 7.27. The van der Waals surface area contributed by atoms with E-state index < -0.39 is 0 Å². The maximum atomic E-state index is 12.9. The van der Waals surface area contributed by atoms with Gasteiger partial charge in [0.1, 0.15) is 0 Å². The highest BCUT2D eigenvalue weighted by molar-refractivity contribution is 9.11. The lowest BCUT2D eigenvalue weighted by atomic mass is 9.84. The lowest BCUT2D eigenvalue weighted by molar-refractivity contribution is 0.0602. The molecule has 108 valence electrons. The van der Waals surface area contributed by atoms with E-state index >= 15 is 0 Å². The predicted molar refractivity (Wildman–Crippen MR) is 86.8 cm³/mol. The highest BCUT2D eigenvalue weighted by atomic mass is 79.9. The van der Waals surface area contributed by atoms with Crippen molar-refractivity contribution in [3.8, 4) is 0 Å². The van der Waals surface area contributed by atoms with Crippen molar-refractivity contribution >= 4 is 37.8 Å². The topological polar surface area (TPSA) is 32.3 Å². The molecule has 1 N–H and O–H groups in total. The van der Waals surface area contributed by atoms with Gasteiger partial charge in [-0.05, 0) is 59.8 Å². The Bertz CT molecular complexity index is 559. The van der Waals surface area contributed by atoms with Gasteiger partial charge in [-0.3, -0.25) is 4.79 Å². The fraction of sp³-hybridized carbons (Fsp3) is 0.533. The van der Waals surface area contributed by atoms with Crippen LogP contribution in [0.2, 0.25) is 0 Å². The lowest BCUT2D eigenvalue weighted by Gasteiger charge is -2.36. The Balaban J connectivity index is 1.93. The molecule has 1 aromatic carbocycles. The molecule has 0 spiro atoms. The van der Waals surface area contributed by atoms with E-state index in [1.54, 1.807) is 0 Å². The van der Waals surface area contributed by atoms with Gasteiger partial charge < -0.3 is 10.2 Å². The molecule has 5 heteroatoms. The summed E-state index contributed by atoms with van der Waals surface area (Å²) in [5, 5.41) is 3.44. The molecule has 3 rings (SSSR count). The van der Waals surface area contributed by atoms with Crippen molar-refractivity contribution in [2.75, 3.05) is 19.6 Å². The van der Waals surface area contributed by atoms with Crippen LogP contribution in [0.5, 0.6) is 0 Å². The number of nitrogens with one attached hydrogen (secondary N) is 1. The molecule has 0 aromatic heterocycles. The summed E-state index contributed by atoms with van der Waals surface area (Å²) in [7, 11) is 0. The maximum Gasteiger partial charge on any atom is 0.255 e. The SMILES string of the molecule is CC1(C)C2CNCC2CN1C(=O)c1cc(Br)ccc1Br. The second kappa shape index (κ2) is 5.11. The van der Waals surface area contributed by atoms with Crippen LogP contribution in [0.4, 0.5) is 0 Å². The van der Waals surface area contributed by atoms with Crippen LogP contribution in [0.1, 0.15) is 24.2 Å². The zero-order chi connectivity index (χ0) is 14.5. The number of likely N-dealkylation sites (tertiary alicyclic amines) is 1. The van der Waals surface area contributed by atoms with Crippen molar-refractivity contribution < 1.29 is 4.79 Å². The Labute approximate surface area is 136 Å². The largest absolute Gasteiger partial charge is 0.333 e. The van der Waals surface area contributed by atoms with E-state index in [-0.39, 0.29) is 11.4 Å². The highest BCUT2D eigenvalue weighted by Crippen LogP contribution is 2.41. The van der Waals surface area contributed by atoms with Crippen LogP contribution < -0.4 is 5.32 Å². The number of benzene rings is 1. The second-order valence-electron chi connectivity index (χ2n) is 6.22. The Morgan fingerprint density at radius 2 is 2.10 bits per heavy atom. The summed E-state index contributed by atoms with van der Waals surface area (Å²) in [6, 6.07) is 5.76. The third kappa shape index (κ3) is 2.24. The molecule has 2 heterocycles. The first-order valence-electron chi connectivity index (χ1n) is 6.89. The average molecular weight is 402 g/mol. The fourth-order valence-electron chi connectivity index (χ4n) is 3.57. The second-order valence-corrected chi connectivity index (χ2v) is 7.99. The summed E-state index contributed by atoms with van der Waals surface area (Å²) in [6.07, 6.45) is 0. The maximum absolute atomic E-state index is 12.9. The van der Waals surface area contributed by atoms with Crippen molar-refractivity contribution in [2.24, 2.45) is 11.8 Å². The first-order valence-corrected chi connectivity index (χ1v) is 8.47. The van der Waals surface area contributed by atoms with Crippen molar-refractivity contribution in [3.05, 3.63) is 32.7 Å². The van der Waals surface area contributed by atoms with Crippen molar-refractivity contribution in [3.63, 3.8) is 0 Å². The van der Waals surface area contributed by atoms with Gasteiger partial charge in [0.05, 0.1) is 5.56 Å². The normalized spacial score (nSPS) is 27.7. The van der Waals surface area contributed by atoms with E-state index in [4.69, 9.17) is 0 Å². The summed E-state index contributed by atoms with van der Waals surface area (Å²) >= 11 is 6.95. The number of halogens is 2. The van der Waals surface area contributed by atoms with Crippen LogP contribution in [0.15, 0.2) is 27.1 Å². The smallest absolute Gasteiger partial charge is 0.255 e. The van der Waals surface area contributed by atoms with Crippen molar-refractivity contribution in [2.45, 2.75) is 19.4 Å². The van der Waals surface area contributed by atoms with Gasteiger partial charge in [0, 0.05) is 34.1 Å². The minimum absolute atomic E-state index is 0.0903. The minimum Gasteiger partial charge on any atom is -0.333 e. The van der Waals surface area contributed by atoms with E-state index in [9.17, 15) is 4.79 Å². The van der Waals surface area contributed by atoms with E-state index in [2.05, 4.69) is 55.9 Å². The standard InChI is InChI=1S/C15H18Br2N2O/c1-15(2)12-7-18-6-9(12)8-19(15)14(20)11-5-10(16)3-4-13(11)17/h3-5,9,12,18H,6-8H2,1-2H3. The first kappa shape index (κ1) is 14.5. The van der Waals surface area contributed by atoms with Gasteiger partial charge in [-0.15, -0.1) is 0 Å². The van der Waals surface area contributed by atoms with Gasteiger partial charge in [0.25, 0.3) is 5.91 Å². The fourth-order valence-corrected chi connectivity index (χ4v) is 4.35. The highest BCUT2D eigenvalue weighted by Gasteiger charge is 2.51. The third-order valence-corrected chi connectivity index (χ3v) is 5.95. The average Bonchev–Trinajstić information content (AvgIpc) is 2.94. The van der Waals surface area contributed by atoms with Crippen molar-refractivity contribution in [1.29, 1.82) is 0 Å². The summed E-state index contributed by atoms with van der Waals surface area (Å²) in [4.78, 5) is 15.0. The molecule has 20 heavy (non-hydrogen) atoms. The molecule has 2 aliphatic rings. The minimum atomic E-state index is -0.0903. The Morgan fingerprint density at radius 3 is 2.80 bits per heavy atom. The van der Waals surface area contributed by atoms with E-state index in [1.165, 1.54) is 0 Å². The van der Waals surface area contributed by atoms with Crippen molar-refractivity contribution in [1.82, 2.24) is 10.2 Å². The van der Waals surface area contributed by atoms with Gasteiger partial charge in [-0.1, -0.05) is 15.9 Å². The van der Waals surface area contributed by atoms with Gasteiger partial charge in [0.15, 0.2) is 0 Å². The van der Waals surface area contributed by atoms with Crippen LogP contribution in [0.25, 0.3) is 0 Å². The zero-order valence-corrected chi connectivity index (χ0v) is 14.8. The van der Waals surface area contributed by atoms with Crippen LogP contribution in [0.3, 0.4) is 0 Å². The van der Waals surface area contributed by atoms with Crippen LogP contribution in [-0.4, -0.2) is 36.0 Å². The zero-order valence-electron chi connectivity index (χ0n) is 11.6. The molecule has 1 amide bonds. The molecule has 3 nitrogen and oxygen atoms in total. The molecule has 2 saturated heterocycles. The summed E-state index contributed by atoms with van der Waals surface area (Å²) in [5.41, 5.74) is 0.646. The van der Waals surface area contributed by atoms with Crippen LogP contribution in [-0.2, 0) is 0 Å². The number of hydrogen-bond donors (Lipinski definition) is 1. The molecule has 2 atom stereocenters. The van der Waals surface area contributed by atoms with Gasteiger partial charge in [-0.2, -0.15) is 0 Å². The number of carbonyl (C=O) groups is 1. The molecule has 2 unspecified atom stereocenters. The third-order valence-electron chi connectivity index (χ3n) is 4.76.